The molecule has 0 saturated carbocycles. The van der Waals surface area contributed by atoms with Gasteiger partial charge in [-0.3, -0.25) is 4.79 Å². The number of rotatable bonds is 2. The van der Waals surface area contributed by atoms with Gasteiger partial charge < -0.3 is 9.80 Å². The molecule has 2 heterocycles. The summed E-state index contributed by atoms with van der Waals surface area (Å²) in [5.74, 6) is 0.758. The molecule has 3 rings (SSSR count). The van der Waals surface area contributed by atoms with Crippen molar-refractivity contribution in [3.8, 4) is 0 Å². The third-order valence-electron chi connectivity index (χ3n) is 3.54. The monoisotopic (exact) mass is 300 g/mol. The minimum atomic E-state index is 0.0363. The second-order valence-corrected chi connectivity index (χ2v) is 5.33. The minimum Gasteiger partial charge on any atom is -0.337 e. The van der Waals surface area contributed by atoms with Crippen LogP contribution in [0.4, 0.5) is 5.95 Å². The van der Waals surface area contributed by atoms with Gasteiger partial charge in [0.05, 0.1) is 5.56 Å². The number of hydrogen-bond acceptors (Lipinski definition) is 5. The van der Waals surface area contributed by atoms with Crippen LogP contribution < -0.4 is 4.90 Å². The Morgan fingerprint density at radius 2 is 1.67 bits per heavy atom. The molecule has 21 heavy (non-hydrogen) atoms. The molecule has 2 aromatic rings. The fraction of sp³-hybridized carbons (Fsp3) is 0.267. The van der Waals surface area contributed by atoms with Crippen LogP contribution in [0.1, 0.15) is 10.4 Å². The first-order chi connectivity index (χ1) is 10.3. The van der Waals surface area contributed by atoms with Gasteiger partial charge >= 0.3 is 0 Å². The van der Waals surface area contributed by atoms with Crippen molar-refractivity contribution in [2.24, 2.45) is 0 Å². The molecule has 0 spiro atoms. The first kappa shape index (κ1) is 13.9. The average Bonchev–Trinajstić information content (AvgIpc) is 2.56. The standard InChI is InChI=1S/C15H16N4OS/c20-14(12-4-1-2-5-13(12)21)18-8-10-19(11-9-18)15-16-6-3-7-17-15/h1-7,21H,8-11H2. The molecule has 1 amide bonds. The summed E-state index contributed by atoms with van der Waals surface area (Å²) >= 11 is 4.35. The van der Waals surface area contributed by atoms with E-state index < -0.39 is 0 Å². The maximum absolute atomic E-state index is 12.5. The van der Waals surface area contributed by atoms with Crippen molar-refractivity contribution in [2.75, 3.05) is 31.1 Å². The lowest BCUT2D eigenvalue weighted by molar-refractivity contribution is 0.0743. The van der Waals surface area contributed by atoms with Crippen LogP contribution in [-0.2, 0) is 0 Å². The predicted octanol–water partition coefficient (Wildman–Crippen LogP) is 1.73. The van der Waals surface area contributed by atoms with Crippen molar-refractivity contribution in [3.05, 3.63) is 48.3 Å². The van der Waals surface area contributed by atoms with Gasteiger partial charge in [0.25, 0.3) is 5.91 Å². The smallest absolute Gasteiger partial charge is 0.255 e. The second kappa shape index (κ2) is 6.13. The number of carbonyl (C=O) groups excluding carboxylic acids is 1. The van der Waals surface area contributed by atoms with Gasteiger partial charge in [-0.2, -0.15) is 0 Å². The maximum atomic E-state index is 12.5. The Balaban J connectivity index is 1.66. The first-order valence-electron chi connectivity index (χ1n) is 6.85. The van der Waals surface area contributed by atoms with E-state index in [9.17, 15) is 4.79 Å². The number of amides is 1. The molecule has 0 unspecified atom stereocenters. The van der Waals surface area contributed by atoms with E-state index in [1.807, 2.05) is 29.2 Å². The SMILES string of the molecule is O=C(c1ccccc1S)N1CCN(c2ncccn2)CC1. The molecule has 5 nitrogen and oxygen atoms in total. The Kier molecular flexibility index (Phi) is 4.06. The van der Waals surface area contributed by atoms with Gasteiger partial charge in [0.15, 0.2) is 0 Å². The van der Waals surface area contributed by atoms with Crippen molar-refractivity contribution in [1.82, 2.24) is 14.9 Å². The number of piperazine rings is 1. The van der Waals surface area contributed by atoms with Gasteiger partial charge in [0.2, 0.25) is 5.95 Å². The predicted molar refractivity (Wildman–Crippen MR) is 83.8 cm³/mol. The molecule has 1 aliphatic heterocycles. The summed E-state index contributed by atoms with van der Waals surface area (Å²) in [5.41, 5.74) is 0.658. The molecule has 1 aliphatic rings. The second-order valence-electron chi connectivity index (χ2n) is 4.85. The topological polar surface area (TPSA) is 49.3 Å². The molecule has 1 saturated heterocycles. The lowest BCUT2D eigenvalue weighted by Crippen LogP contribution is -2.49. The van der Waals surface area contributed by atoms with E-state index >= 15 is 0 Å². The highest BCUT2D eigenvalue weighted by molar-refractivity contribution is 7.80. The Hall–Kier alpha value is -2.08. The Morgan fingerprint density at radius 3 is 2.33 bits per heavy atom. The van der Waals surface area contributed by atoms with E-state index in [-0.39, 0.29) is 5.91 Å². The van der Waals surface area contributed by atoms with Gasteiger partial charge in [-0.05, 0) is 18.2 Å². The summed E-state index contributed by atoms with van der Waals surface area (Å²) in [4.78, 5) is 25.6. The summed E-state index contributed by atoms with van der Waals surface area (Å²) < 4.78 is 0. The van der Waals surface area contributed by atoms with E-state index in [0.29, 0.717) is 18.7 Å². The number of nitrogens with zero attached hydrogens (tertiary/aromatic N) is 4. The minimum absolute atomic E-state index is 0.0363. The summed E-state index contributed by atoms with van der Waals surface area (Å²) in [5, 5.41) is 0. The van der Waals surface area contributed by atoms with Gasteiger partial charge in [-0.25, -0.2) is 9.97 Å². The highest BCUT2D eigenvalue weighted by Gasteiger charge is 2.24. The molecule has 1 aromatic heterocycles. The molecule has 1 fully saturated rings. The summed E-state index contributed by atoms with van der Waals surface area (Å²) in [6.07, 6.45) is 3.47. The van der Waals surface area contributed by atoms with Crippen LogP contribution in [0, 0.1) is 0 Å². The van der Waals surface area contributed by atoms with E-state index in [1.165, 1.54) is 0 Å². The molecule has 0 radical (unpaired) electrons. The van der Waals surface area contributed by atoms with E-state index in [1.54, 1.807) is 18.5 Å². The Morgan fingerprint density at radius 1 is 1.00 bits per heavy atom. The highest BCUT2D eigenvalue weighted by atomic mass is 32.1. The molecule has 0 aliphatic carbocycles. The van der Waals surface area contributed by atoms with Crippen LogP contribution in [0.2, 0.25) is 0 Å². The van der Waals surface area contributed by atoms with Crippen molar-refractivity contribution in [3.63, 3.8) is 0 Å². The van der Waals surface area contributed by atoms with E-state index in [0.717, 1.165) is 23.9 Å². The number of thiol groups is 1. The van der Waals surface area contributed by atoms with Crippen molar-refractivity contribution in [1.29, 1.82) is 0 Å². The maximum Gasteiger partial charge on any atom is 0.255 e. The largest absolute Gasteiger partial charge is 0.337 e. The quantitative estimate of drug-likeness (QED) is 0.858. The zero-order chi connectivity index (χ0) is 14.7. The number of anilines is 1. The molecule has 108 valence electrons. The molecule has 6 heteroatoms. The van der Waals surface area contributed by atoms with Crippen LogP contribution >= 0.6 is 12.6 Å². The van der Waals surface area contributed by atoms with Crippen LogP contribution in [0.3, 0.4) is 0 Å². The molecule has 0 N–H and O–H groups in total. The zero-order valence-corrected chi connectivity index (χ0v) is 12.4. The third kappa shape index (κ3) is 3.00. The molecular weight excluding hydrogens is 284 g/mol. The molecule has 0 bridgehead atoms. The van der Waals surface area contributed by atoms with Crippen LogP contribution in [-0.4, -0.2) is 47.0 Å². The van der Waals surface area contributed by atoms with Gasteiger partial charge in [0, 0.05) is 43.5 Å². The van der Waals surface area contributed by atoms with Crippen molar-refractivity contribution >= 4 is 24.5 Å². The molecule has 1 aromatic carbocycles. The van der Waals surface area contributed by atoms with Gasteiger partial charge in [0.1, 0.15) is 0 Å². The fourth-order valence-corrected chi connectivity index (χ4v) is 2.65. The number of carbonyl (C=O) groups is 1. The van der Waals surface area contributed by atoms with Crippen molar-refractivity contribution in [2.45, 2.75) is 4.90 Å². The fourth-order valence-electron chi connectivity index (χ4n) is 2.39. The first-order valence-corrected chi connectivity index (χ1v) is 7.29. The Labute approximate surface area is 129 Å². The van der Waals surface area contributed by atoms with Crippen molar-refractivity contribution < 1.29 is 4.79 Å². The van der Waals surface area contributed by atoms with Crippen LogP contribution in [0.15, 0.2) is 47.6 Å². The molecular formula is C15H16N4OS. The average molecular weight is 300 g/mol. The van der Waals surface area contributed by atoms with Crippen LogP contribution in [0.5, 0.6) is 0 Å². The number of hydrogen-bond donors (Lipinski definition) is 1. The molecule has 0 atom stereocenters. The van der Waals surface area contributed by atoms with Crippen LogP contribution in [0.25, 0.3) is 0 Å². The zero-order valence-electron chi connectivity index (χ0n) is 11.5. The van der Waals surface area contributed by atoms with Gasteiger partial charge in [-0.1, -0.05) is 12.1 Å². The lowest BCUT2D eigenvalue weighted by atomic mass is 10.2. The highest BCUT2D eigenvalue weighted by Crippen LogP contribution is 2.17. The normalized spacial score (nSPS) is 15.1. The summed E-state index contributed by atoms with van der Waals surface area (Å²) in [6.45, 7) is 2.81. The Bertz CT molecular complexity index is 627. The van der Waals surface area contributed by atoms with E-state index in [2.05, 4.69) is 27.5 Å². The summed E-state index contributed by atoms with van der Waals surface area (Å²) in [6, 6.07) is 9.19. The van der Waals surface area contributed by atoms with E-state index in [4.69, 9.17) is 0 Å². The summed E-state index contributed by atoms with van der Waals surface area (Å²) in [7, 11) is 0. The number of aromatic nitrogens is 2. The number of benzene rings is 1. The lowest BCUT2D eigenvalue weighted by Gasteiger charge is -2.34. The van der Waals surface area contributed by atoms with Gasteiger partial charge in [-0.15, -0.1) is 12.6 Å². The third-order valence-corrected chi connectivity index (χ3v) is 3.93.